The number of hydrogen-bond donors (Lipinski definition) is 0. The third-order valence-electron chi connectivity index (χ3n) is 4.82. The standard InChI is InChI=1S/C20H17Cl2NO4S2/c21-13-3-5-17(22)16(10-13)18-6-4-15(27-18)11-23(14-7-9-29(25,26)12-14)20(24)19-2-1-8-28-19/h1-6,8,10,14H,7,9,11-12H2. The molecular formula is C20H17Cl2NO4S2. The molecular weight excluding hydrogens is 453 g/mol. The van der Waals surface area contributed by atoms with Gasteiger partial charge in [-0.1, -0.05) is 29.3 Å². The molecule has 0 aliphatic carbocycles. The average molecular weight is 470 g/mol. The van der Waals surface area contributed by atoms with E-state index in [1.807, 2.05) is 5.38 Å². The number of thiophene rings is 1. The first kappa shape index (κ1) is 20.5. The molecule has 152 valence electrons. The van der Waals surface area contributed by atoms with Gasteiger partial charge in [-0.25, -0.2) is 8.42 Å². The van der Waals surface area contributed by atoms with Gasteiger partial charge in [-0.3, -0.25) is 4.79 Å². The van der Waals surface area contributed by atoms with Crippen molar-refractivity contribution in [2.45, 2.75) is 19.0 Å². The highest BCUT2D eigenvalue weighted by atomic mass is 35.5. The average Bonchev–Trinajstić information content (AvgIpc) is 3.42. The van der Waals surface area contributed by atoms with E-state index < -0.39 is 9.84 Å². The molecule has 0 spiro atoms. The minimum Gasteiger partial charge on any atom is -0.459 e. The maximum absolute atomic E-state index is 13.0. The smallest absolute Gasteiger partial charge is 0.264 e. The summed E-state index contributed by atoms with van der Waals surface area (Å²) in [6.45, 7) is 0.176. The van der Waals surface area contributed by atoms with Crippen LogP contribution in [0.4, 0.5) is 0 Å². The van der Waals surface area contributed by atoms with Crippen molar-refractivity contribution in [2.24, 2.45) is 0 Å². The number of halogens is 2. The van der Waals surface area contributed by atoms with Gasteiger partial charge in [0, 0.05) is 16.6 Å². The van der Waals surface area contributed by atoms with Crippen molar-refractivity contribution in [3.8, 4) is 11.3 Å². The number of nitrogens with zero attached hydrogens (tertiary/aromatic N) is 1. The number of carbonyl (C=O) groups is 1. The van der Waals surface area contributed by atoms with Crippen LogP contribution in [-0.4, -0.2) is 36.8 Å². The van der Waals surface area contributed by atoms with Gasteiger partial charge in [-0.15, -0.1) is 11.3 Å². The van der Waals surface area contributed by atoms with Crippen LogP contribution in [0.2, 0.25) is 10.0 Å². The van der Waals surface area contributed by atoms with E-state index in [-0.39, 0.29) is 30.0 Å². The van der Waals surface area contributed by atoms with Crippen LogP contribution in [0.15, 0.2) is 52.3 Å². The summed E-state index contributed by atoms with van der Waals surface area (Å²) in [4.78, 5) is 15.2. The molecule has 1 aromatic carbocycles. The second kappa shape index (κ2) is 8.14. The molecule has 2 aromatic heterocycles. The topological polar surface area (TPSA) is 67.6 Å². The molecule has 0 radical (unpaired) electrons. The second-order valence-corrected chi connectivity index (χ2v) is 10.9. The first-order chi connectivity index (χ1) is 13.8. The molecule has 0 bridgehead atoms. The van der Waals surface area contributed by atoms with Crippen LogP contribution in [0.1, 0.15) is 21.9 Å². The Labute approximate surface area is 182 Å². The van der Waals surface area contributed by atoms with E-state index in [1.165, 1.54) is 11.3 Å². The zero-order valence-corrected chi connectivity index (χ0v) is 18.3. The molecule has 1 atom stereocenters. The minimum atomic E-state index is -3.14. The van der Waals surface area contributed by atoms with Crippen molar-refractivity contribution in [2.75, 3.05) is 11.5 Å². The summed E-state index contributed by atoms with van der Waals surface area (Å²) < 4.78 is 29.9. The Bertz CT molecular complexity index is 1140. The number of amides is 1. The van der Waals surface area contributed by atoms with Crippen LogP contribution < -0.4 is 0 Å². The summed E-state index contributed by atoms with van der Waals surface area (Å²) in [6.07, 6.45) is 0.424. The van der Waals surface area contributed by atoms with Crippen LogP contribution >= 0.6 is 34.5 Å². The summed E-state index contributed by atoms with van der Waals surface area (Å²) in [5.41, 5.74) is 0.657. The van der Waals surface area contributed by atoms with E-state index in [0.29, 0.717) is 38.4 Å². The maximum Gasteiger partial charge on any atom is 0.264 e. The van der Waals surface area contributed by atoms with E-state index in [1.54, 1.807) is 47.4 Å². The number of furan rings is 1. The van der Waals surface area contributed by atoms with Gasteiger partial charge < -0.3 is 9.32 Å². The maximum atomic E-state index is 13.0. The molecule has 9 heteroatoms. The van der Waals surface area contributed by atoms with Crippen molar-refractivity contribution in [1.82, 2.24) is 4.90 Å². The normalized spacial score (nSPS) is 18.1. The van der Waals surface area contributed by atoms with Gasteiger partial charge in [0.25, 0.3) is 5.91 Å². The Balaban J connectivity index is 1.62. The van der Waals surface area contributed by atoms with Crippen LogP contribution in [0.5, 0.6) is 0 Å². The van der Waals surface area contributed by atoms with Crippen LogP contribution in [0.3, 0.4) is 0 Å². The van der Waals surface area contributed by atoms with Crippen molar-refractivity contribution >= 4 is 50.3 Å². The lowest BCUT2D eigenvalue weighted by Gasteiger charge is -2.27. The van der Waals surface area contributed by atoms with E-state index in [2.05, 4.69) is 0 Å². The van der Waals surface area contributed by atoms with Crippen molar-refractivity contribution in [3.05, 3.63) is 68.5 Å². The molecule has 1 unspecified atom stereocenters. The molecule has 1 fully saturated rings. The monoisotopic (exact) mass is 469 g/mol. The molecule has 1 aliphatic rings. The highest BCUT2D eigenvalue weighted by Gasteiger charge is 2.35. The molecule has 0 N–H and O–H groups in total. The van der Waals surface area contributed by atoms with Crippen LogP contribution in [0.25, 0.3) is 11.3 Å². The van der Waals surface area contributed by atoms with Crippen molar-refractivity contribution in [3.63, 3.8) is 0 Å². The highest BCUT2D eigenvalue weighted by Crippen LogP contribution is 2.33. The number of benzene rings is 1. The number of hydrogen-bond acceptors (Lipinski definition) is 5. The summed E-state index contributed by atoms with van der Waals surface area (Å²) in [6, 6.07) is 11.8. The number of sulfone groups is 1. The second-order valence-electron chi connectivity index (χ2n) is 6.86. The SMILES string of the molecule is O=C(c1cccs1)N(Cc1ccc(-c2cc(Cl)ccc2Cl)o1)C1CCS(=O)(=O)C1. The van der Waals surface area contributed by atoms with Crippen LogP contribution in [0, 0.1) is 0 Å². The fourth-order valence-corrected chi connectivity index (χ4v) is 6.18. The summed E-state index contributed by atoms with van der Waals surface area (Å²) in [5, 5.41) is 2.86. The largest absolute Gasteiger partial charge is 0.459 e. The van der Waals surface area contributed by atoms with E-state index in [0.717, 1.165) is 0 Å². The number of rotatable bonds is 5. The zero-order chi connectivity index (χ0) is 20.6. The van der Waals surface area contributed by atoms with E-state index in [9.17, 15) is 13.2 Å². The molecule has 1 aliphatic heterocycles. The quantitative estimate of drug-likeness (QED) is 0.518. The lowest BCUT2D eigenvalue weighted by Crippen LogP contribution is -2.40. The predicted molar refractivity (Wildman–Crippen MR) is 115 cm³/mol. The Hall–Kier alpha value is -1.80. The fourth-order valence-electron chi connectivity index (χ4n) is 3.39. The van der Waals surface area contributed by atoms with Crippen LogP contribution in [-0.2, 0) is 16.4 Å². The van der Waals surface area contributed by atoms with Gasteiger partial charge in [0.2, 0.25) is 0 Å². The Morgan fingerprint density at radius 3 is 2.72 bits per heavy atom. The fraction of sp³-hybridized carbons (Fsp3) is 0.250. The highest BCUT2D eigenvalue weighted by molar-refractivity contribution is 7.91. The van der Waals surface area contributed by atoms with E-state index >= 15 is 0 Å². The summed E-state index contributed by atoms with van der Waals surface area (Å²) in [5.74, 6) is 0.951. The molecule has 3 aromatic rings. The third kappa shape index (κ3) is 4.53. The molecule has 3 heterocycles. The van der Waals surface area contributed by atoms with Gasteiger partial charge in [0.05, 0.1) is 28.0 Å². The van der Waals surface area contributed by atoms with Crippen molar-refractivity contribution in [1.29, 1.82) is 0 Å². The molecule has 29 heavy (non-hydrogen) atoms. The zero-order valence-electron chi connectivity index (χ0n) is 15.2. The molecule has 1 saturated heterocycles. The molecule has 4 rings (SSSR count). The lowest BCUT2D eigenvalue weighted by molar-refractivity contribution is 0.0671. The molecule has 0 saturated carbocycles. The third-order valence-corrected chi connectivity index (χ3v) is 8.00. The minimum absolute atomic E-state index is 0.0300. The number of carbonyl (C=O) groups excluding carboxylic acids is 1. The summed E-state index contributed by atoms with van der Waals surface area (Å²) in [7, 11) is -3.14. The van der Waals surface area contributed by atoms with Gasteiger partial charge in [0.1, 0.15) is 11.5 Å². The summed E-state index contributed by atoms with van der Waals surface area (Å²) >= 11 is 13.6. The first-order valence-corrected chi connectivity index (χ1v) is 12.4. The molecule has 5 nitrogen and oxygen atoms in total. The van der Waals surface area contributed by atoms with Gasteiger partial charge >= 0.3 is 0 Å². The van der Waals surface area contributed by atoms with Gasteiger partial charge in [-0.05, 0) is 48.2 Å². The predicted octanol–water partition coefficient (Wildman–Crippen LogP) is 5.14. The Morgan fingerprint density at radius 1 is 1.21 bits per heavy atom. The van der Waals surface area contributed by atoms with Gasteiger partial charge in [-0.2, -0.15) is 0 Å². The molecule has 1 amide bonds. The Morgan fingerprint density at radius 2 is 2.03 bits per heavy atom. The van der Waals surface area contributed by atoms with Crippen molar-refractivity contribution < 1.29 is 17.6 Å². The first-order valence-electron chi connectivity index (χ1n) is 8.91. The lowest BCUT2D eigenvalue weighted by atomic mass is 10.2. The van der Waals surface area contributed by atoms with E-state index in [4.69, 9.17) is 27.6 Å². The Kier molecular flexibility index (Phi) is 5.75. The van der Waals surface area contributed by atoms with Gasteiger partial charge in [0.15, 0.2) is 9.84 Å².